The molecule has 0 N–H and O–H groups in total. The Kier molecular flexibility index (Phi) is 21.5. The molecule has 436 valence electrons. The minimum atomic E-state index is 0. The fourth-order valence-corrected chi connectivity index (χ4v) is 17.0. The quantitative estimate of drug-likeness (QED) is 0.0302. The number of anilines is 2. The fourth-order valence-electron chi connectivity index (χ4n) is 11.6. The lowest BCUT2D eigenvalue weighted by Crippen LogP contribution is -3.00. The number of thiazole rings is 2. The number of fused-ring (bicyclic) bond motifs is 4. The molecule has 6 aromatic carbocycles. The van der Waals surface area contributed by atoms with Crippen molar-refractivity contribution in [1.29, 1.82) is 0 Å². The molecule has 1 unspecified atom stereocenters. The molecule has 84 heavy (non-hydrogen) atoms. The van der Waals surface area contributed by atoms with Gasteiger partial charge in [0.1, 0.15) is 16.4 Å². The second-order valence-electron chi connectivity index (χ2n) is 23.5. The Bertz CT molecular complexity index is 3850. The van der Waals surface area contributed by atoms with Crippen LogP contribution in [0.1, 0.15) is 122 Å². The van der Waals surface area contributed by atoms with E-state index in [1.54, 1.807) is 0 Å². The molecule has 0 amide bonds. The van der Waals surface area contributed by atoms with E-state index < -0.39 is 0 Å². The minimum Gasteiger partial charge on any atom is -1.00 e. The number of nitrogens with zero attached hydrogens (tertiary/aromatic N) is 4. The maximum atomic E-state index is 9.65. The highest BCUT2D eigenvalue weighted by atomic mass is 127. The zero-order valence-corrected chi connectivity index (χ0v) is 56.8. The van der Waals surface area contributed by atoms with Gasteiger partial charge in [0.15, 0.2) is 6.54 Å². The van der Waals surface area contributed by atoms with Crippen LogP contribution < -0.4 is 48.2 Å². The summed E-state index contributed by atoms with van der Waals surface area (Å²) in [6.07, 6.45) is 22.8. The topological polar surface area (TPSA) is 46.5 Å². The van der Waals surface area contributed by atoms with E-state index in [-0.39, 0.29) is 29.4 Å². The second-order valence-corrected chi connectivity index (χ2v) is 28.6. The van der Waals surface area contributed by atoms with Crippen LogP contribution >= 0.6 is 58.2 Å². The zero-order valence-electron chi connectivity index (χ0n) is 50.6. The van der Waals surface area contributed by atoms with Crippen molar-refractivity contribution in [2.75, 3.05) is 23.4 Å². The van der Waals surface area contributed by atoms with Gasteiger partial charge in [-0.05, 0) is 196 Å². The summed E-state index contributed by atoms with van der Waals surface area (Å²) in [6, 6.07) is 45.9. The van der Waals surface area contributed by atoms with Crippen LogP contribution in [0, 0.1) is 40.0 Å². The Morgan fingerprint density at radius 3 is 1.90 bits per heavy atom. The molecule has 12 rings (SSSR count). The number of hydrogen-bond donors (Lipinski definition) is 0. The lowest BCUT2D eigenvalue weighted by molar-refractivity contribution is -0.669. The lowest BCUT2D eigenvalue weighted by Gasteiger charge is -2.31. The summed E-state index contributed by atoms with van der Waals surface area (Å²) < 4.78 is 11.3. The number of aryl methyl sites for hydroxylation is 7. The molecular formula is C72H79IN4O2S5. The number of halogens is 1. The molecule has 4 heterocycles. The van der Waals surface area contributed by atoms with Crippen LogP contribution in [0.15, 0.2) is 199 Å². The fraction of sp³-hybridized carbons (Fsp3) is 0.306. The van der Waals surface area contributed by atoms with E-state index in [1.807, 2.05) is 77.4 Å². The van der Waals surface area contributed by atoms with Gasteiger partial charge in [-0.1, -0.05) is 158 Å². The first kappa shape index (κ1) is 63.3. The van der Waals surface area contributed by atoms with Gasteiger partial charge >= 0.3 is 0 Å². The Labute approximate surface area is 538 Å². The Morgan fingerprint density at radius 1 is 0.631 bits per heavy atom. The Balaban J connectivity index is 0.000000171. The zero-order chi connectivity index (χ0) is 58.4. The summed E-state index contributed by atoms with van der Waals surface area (Å²) in [7, 11) is 4.38. The smallest absolute Gasteiger partial charge is 0.263 e. The monoisotopic (exact) mass is 1320 g/mol. The Morgan fingerprint density at radius 2 is 1.21 bits per heavy atom. The number of unbranched alkanes of at least 4 members (excludes halogenated alkanes) is 2. The van der Waals surface area contributed by atoms with Gasteiger partial charge in [-0.15, -0.1) is 0 Å². The highest BCUT2D eigenvalue weighted by molar-refractivity contribution is 8.04. The van der Waals surface area contributed by atoms with E-state index in [2.05, 4.69) is 232 Å². The summed E-state index contributed by atoms with van der Waals surface area (Å²) >= 11 is 8.48. The predicted molar refractivity (Wildman–Crippen MR) is 357 cm³/mol. The van der Waals surface area contributed by atoms with Gasteiger partial charge in [-0.2, -0.15) is 9.13 Å². The molecule has 8 aromatic rings. The molecule has 2 aliphatic heterocycles. The van der Waals surface area contributed by atoms with Crippen LogP contribution in [0.4, 0.5) is 11.4 Å². The number of benzene rings is 6. The molecule has 2 aliphatic carbocycles. The number of hydrogen-bond acceptors (Lipinski definition) is 9. The van der Waals surface area contributed by atoms with Crippen LogP contribution in [0.3, 0.4) is 0 Å². The SMILES string of the molecule is CCCCC[n+]1c(C=C2C=C(C=C3Sc4cc(C)ccc4N3CC)CC(C)(C)C2)sc2cc(C)ccc21.Cc1ccc(SO[O-])cc1.Cc1ccc2c(c1)SC(=CC1=CC(=Cc3sc4cc(C)ccc4[n+]3C)CC(c3ccccc3)C1)N2C.[I-]. The molecule has 0 saturated carbocycles. The third-order valence-electron chi connectivity index (χ3n) is 15.8. The second kappa shape index (κ2) is 28.6. The molecule has 1 atom stereocenters. The third kappa shape index (κ3) is 15.5. The van der Waals surface area contributed by atoms with Crippen molar-refractivity contribution in [3.63, 3.8) is 0 Å². The van der Waals surface area contributed by atoms with E-state index in [0.29, 0.717) is 5.92 Å². The van der Waals surface area contributed by atoms with Crippen molar-refractivity contribution >= 4 is 102 Å². The highest BCUT2D eigenvalue weighted by Crippen LogP contribution is 2.49. The highest BCUT2D eigenvalue weighted by Gasteiger charge is 2.31. The average Bonchev–Trinajstić information content (AvgIpc) is 4.38. The molecule has 0 spiro atoms. The standard InChI is InChI=1S/C33H41N2S2.C32H31N2S2.C7H8O2S.HI/c1-7-9-10-15-35-28-14-12-24(4)17-30(28)37-32(35)20-26-18-25(21-33(5,6)22-26)19-31-34(8-2)27-13-11-23(3)16-29(27)36-31;1-21-10-12-27-29(14-21)35-31(33(27)3)19-23-16-24(18-26(17-23)25-8-6-5-7-9-25)20-32-34(4)28-13-11-22(2)15-30(28)36-32;1-6-2-4-7(5-3-6)10-9-8;/h11-14,16-20H,7-10,15,21-22H2,1-6H3;5-16,19-20,26H,17-18H2,1-4H3;2-5,8H,1H3;1H/q2*+1;;/p-2. The largest absolute Gasteiger partial charge is 1.00 e. The average molecular weight is 1320 g/mol. The minimum absolute atomic E-state index is 0. The van der Waals surface area contributed by atoms with Crippen molar-refractivity contribution in [1.82, 2.24) is 0 Å². The number of rotatable bonds is 12. The molecule has 4 aliphatic rings. The molecule has 6 nitrogen and oxygen atoms in total. The van der Waals surface area contributed by atoms with Gasteiger partial charge in [-0.25, -0.2) is 0 Å². The summed E-state index contributed by atoms with van der Waals surface area (Å²) in [4.78, 5) is 8.38. The van der Waals surface area contributed by atoms with Crippen molar-refractivity contribution in [2.45, 2.75) is 134 Å². The van der Waals surface area contributed by atoms with Crippen molar-refractivity contribution in [3.8, 4) is 0 Å². The molecule has 2 aromatic heterocycles. The van der Waals surface area contributed by atoms with Gasteiger partial charge in [0.25, 0.3) is 10.0 Å². The summed E-state index contributed by atoms with van der Waals surface area (Å²) in [6.45, 7) is 22.2. The summed E-state index contributed by atoms with van der Waals surface area (Å²) in [5, 5.41) is 15.0. The van der Waals surface area contributed by atoms with Gasteiger partial charge in [0.2, 0.25) is 11.0 Å². The van der Waals surface area contributed by atoms with Crippen LogP contribution in [0.5, 0.6) is 0 Å². The first-order valence-electron chi connectivity index (χ1n) is 29.3. The molecule has 12 heteroatoms. The molecule has 0 saturated heterocycles. The van der Waals surface area contributed by atoms with Crippen LogP contribution in [0.2, 0.25) is 0 Å². The molecule has 0 fully saturated rings. The van der Waals surface area contributed by atoms with Gasteiger partial charge in [0.05, 0.1) is 21.4 Å². The summed E-state index contributed by atoms with van der Waals surface area (Å²) in [5.74, 6) is 0.484. The number of thioether (sulfide) groups is 2. The van der Waals surface area contributed by atoms with Crippen LogP contribution in [0.25, 0.3) is 32.6 Å². The Hall–Kier alpha value is -5.16. The predicted octanol–water partition coefficient (Wildman–Crippen LogP) is 16.2. The number of allylic oxidation sites excluding steroid dienone is 8. The van der Waals surface area contributed by atoms with Gasteiger partial charge < -0.3 is 43.4 Å². The maximum Gasteiger partial charge on any atom is 0.263 e. The first-order valence-corrected chi connectivity index (χ1v) is 33.3. The van der Waals surface area contributed by atoms with Gasteiger partial charge in [0, 0.05) is 71.0 Å². The maximum absolute atomic E-state index is 9.65. The van der Waals surface area contributed by atoms with E-state index in [4.69, 9.17) is 0 Å². The van der Waals surface area contributed by atoms with Crippen molar-refractivity contribution < 1.29 is 42.7 Å². The van der Waals surface area contributed by atoms with E-state index in [9.17, 15) is 5.26 Å². The van der Waals surface area contributed by atoms with Crippen LogP contribution in [-0.4, -0.2) is 13.6 Å². The van der Waals surface area contributed by atoms with Crippen molar-refractivity contribution in [2.24, 2.45) is 12.5 Å². The van der Waals surface area contributed by atoms with Crippen LogP contribution in [-0.2, 0) is 17.9 Å². The number of aromatic nitrogens is 2. The summed E-state index contributed by atoms with van der Waals surface area (Å²) in [5.41, 5.74) is 19.2. The first-order chi connectivity index (χ1) is 40.0. The third-order valence-corrected chi connectivity index (χ3v) is 20.9. The normalized spacial score (nSPS) is 18.1. The molecule has 0 radical (unpaired) electrons. The van der Waals surface area contributed by atoms with E-state index >= 15 is 0 Å². The van der Waals surface area contributed by atoms with E-state index in [0.717, 1.165) is 55.7 Å². The van der Waals surface area contributed by atoms with E-state index in [1.165, 1.54) is 137 Å². The van der Waals surface area contributed by atoms with Gasteiger partial charge in [-0.3, -0.25) is 0 Å². The molecule has 0 bridgehead atoms. The molecular weight excluding hydrogens is 1240 g/mol. The lowest BCUT2D eigenvalue weighted by atomic mass is 9.75. The van der Waals surface area contributed by atoms with Crippen molar-refractivity contribution in [3.05, 3.63) is 227 Å².